The Labute approximate surface area is 109 Å². The van der Waals surface area contributed by atoms with Gasteiger partial charge in [0.15, 0.2) is 0 Å². The SMILES string of the molecule is C[C@@H](NC(=O)CCC(C)(C)CCN)c1ccco1. The lowest BCUT2D eigenvalue weighted by Crippen LogP contribution is -2.28. The lowest BCUT2D eigenvalue weighted by atomic mass is 9.84. The van der Waals surface area contributed by atoms with Crippen LogP contribution in [0.15, 0.2) is 22.8 Å². The van der Waals surface area contributed by atoms with E-state index in [0.29, 0.717) is 13.0 Å². The zero-order valence-electron chi connectivity index (χ0n) is 11.5. The molecule has 0 bridgehead atoms. The minimum absolute atomic E-state index is 0.0593. The Morgan fingerprint density at radius 1 is 1.50 bits per heavy atom. The predicted octanol–water partition coefficient (Wildman–Crippen LogP) is 2.61. The van der Waals surface area contributed by atoms with Crippen LogP contribution < -0.4 is 11.1 Å². The number of amides is 1. The molecule has 0 saturated heterocycles. The van der Waals surface area contributed by atoms with Crippen molar-refractivity contribution in [2.75, 3.05) is 6.54 Å². The summed E-state index contributed by atoms with van der Waals surface area (Å²) in [5.41, 5.74) is 5.68. The van der Waals surface area contributed by atoms with Gasteiger partial charge in [0.1, 0.15) is 5.76 Å². The maximum absolute atomic E-state index is 11.8. The molecule has 1 aromatic heterocycles. The van der Waals surface area contributed by atoms with Gasteiger partial charge in [-0.25, -0.2) is 0 Å². The average molecular weight is 252 g/mol. The zero-order chi connectivity index (χ0) is 13.6. The van der Waals surface area contributed by atoms with Crippen LogP contribution in [0.5, 0.6) is 0 Å². The summed E-state index contributed by atoms with van der Waals surface area (Å²) in [5.74, 6) is 0.841. The summed E-state index contributed by atoms with van der Waals surface area (Å²) in [4.78, 5) is 11.8. The number of furan rings is 1. The Hall–Kier alpha value is -1.29. The van der Waals surface area contributed by atoms with E-state index in [1.165, 1.54) is 0 Å². The molecule has 1 amide bonds. The van der Waals surface area contributed by atoms with E-state index in [9.17, 15) is 4.79 Å². The van der Waals surface area contributed by atoms with E-state index in [2.05, 4.69) is 19.2 Å². The van der Waals surface area contributed by atoms with Gasteiger partial charge in [-0.1, -0.05) is 13.8 Å². The molecule has 4 heteroatoms. The molecule has 0 saturated carbocycles. The van der Waals surface area contributed by atoms with Crippen molar-refractivity contribution in [2.24, 2.45) is 11.1 Å². The molecule has 0 spiro atoms. The van der Waals surface area contributed by atoms with Crippen LogP contribution in [0.4, 0.5) is 0 Å². The highest BCUT2D eigenvalue weighted by molar-refractivity contribution is 5.76. The Bertz CT molecular complexity index is 358. The second-order valence-electron chi connectivity index (χ2n) is 5.51. The average Bonchev–Trinajstić information content (AvgIpc) is 2.80. The molecule has 0 aliphatic heterocycles. The van der Waals surface area contributed by atoms with E-state index in [1.807, 2.05) is 19.1 Å². The summed E-state index contributed by atoms with van der Waals surface area (Å²) >= 11 is 0. The molecule has 1 rings (SSSR count). The van der Waals surface area contributed by atoms with Gasteiger partial charge in [0.05, 0.1) is 12.3 Å². The highest BCUT2D eigenvalue weighted by Gasteiger charge is 2.19. The molecule has 0 unspecified atom stereocenters. The van der Waals surface area contributed by atoms with Gasteiger partial charge in [0.2, 0.25) is 5.91 Å². The number of hydrogen-bond donors (Lipinski definition) is 2. The standard InChI is InChI=1S/C14H24N2O2/c1-11(12-5-4-10-18-12)16-13(17)6-7-14(2,3)8-9-15/h4-5,10-11H,6-9,15H2,1-3H3,(H,16,17)/t11-/m1/s1. The first-order chi connectivity index (χ1) is 8.44. The number of carbonyl (C=O) groups excluding carboxylic acids is 1. The van der Waals surface area contributed by atoms with E-state index < -0.39 is 0 Å². The van der Waals surface area contributed by atoms with Gasteiger partial charge in [-0.2, -0.15) is 0 Å². The first-order valence-electron chi connectivity index (χ1n) is 6.47. The minimum Gasteiger partial charge on any atom is -0.467 e. The van der Waals surface area contributed by atoms with Crippen LogP contribution >= 0.6 is 0 Å². The number of nitrogens with two attached hydrogens (primary N) is 1. The van der Waals surface area contributed by atoms with Crippen LogP contribution in [0, 0.1) is 5.41 Å². The summed E-state index contributed by atoms with van der Waals surface area (Å²) < 4.78 is 5.25. The molecule has 0 fully saturated rings. The third kappa shape index (κ3) is 4.92. The third-order valence-corrected chi connectivity index (χ3v) is 3.20. The molecule has 3 N–H and O–H groups in total. The molecule has 0 radical (unpaired) electrons. The van der Waals surface area contributed by atoms with E-state index in [4.69, 9.17) is 10.2 Å². The van der Waals surface area contributed by atoms with Crippen molar-refractivity contribution in [3.05, 3.63) is 24.2 Å². The zero-order valence-corrected chi connectivity index (χ0v) is 11.5. The van der Waals surface area contributed by atoms with Crippen molar-refractivity contribution in [3.63, 3.8) is 0 Å². The van der Waals surface area contributed by atoms with Crippen molar-refractivity contribution < 1.29 is 9.21 Å². The van der Waals surface area contributed by atoms with E-state index in [1.54, 1.807) is 6.26 Å². The van der Waals surface area contributed by atoms with Gasteiger partial charge in [0.25, 0.3) is 0 Å². The highest BCUT2D eigenvalue weighted by Crippen LogP contribution is 2.26. The molecular formula is C14H24N2O2. The van der Waals surface area contributed by atoms with Crippen LogP contribution in [-0.2, 0) is 4.79 Å². The van der Waals surface area contributed by atoms with Crippen molar-refractivity contribution >= 4 is 5.91 Å². The van der Waals surface area contributed by atoms with Gasteiger partial charge in [-0.05, 0) is 43.9 Å². The molecule has 102 valence electrons. The second kappa shape index (κ2) is 6.59. The van der Waals surface area contributed by atoms with Crippen LogP contribution in [-0.4, -0.2) is 12.5 Å². The lowest BCUT2D eigenvalue weighted by Gasteiger charge is -2.23. The largest absolute Gasteiger partial charge is 0.467 e. The van der Waals surface area contributed by atoms with Crippen molar-refractivity contribution in [1.82, 2.24) is 5.32 Å². The topological polar surface area (TPSA) is 68.3 Å². The number of carbonyl (C=O) groups is 1. The Kier molecular flexibility index (Phi) is 5.41. The minimum atomic E-state index is -0.0786. The lowest BCUT2D eigenvalue weighted by molar-refractivity contribution is -0.122. The van der Waals surface area contributed by atoms with Crippen LogP contribution in [0.25, 0.3) is 0 Å². The van der Waals surface area contributed by atoms with Crippen LogP contribution in [0.3, 0.4) is 0 Å². The summed E-state index contributed by atoms with van der Waals surface area (Å²) in [6.45, 7) is 6.87. The van der Waals surface area contributed by atoms with Crippen molar-refractivity contribution in [2.45, 2.75) is 46.1 Å². The quantitative estimate of drug-likeness (QED) is 0.783. The van der Waals surface area contributed by atoms with Gasteiger partial charge in [0, 0.05) is 6.42 Å². The monoisotopic (exact) mass is 252 g/mol. The third-order valence-electron chi connectivity index (χ3n) is 3.20. The molecule has 0 aliphatic carbocycles. The van der Waals surface area contributed by atoms with E-state index >= 15 is 0 Å². The Morgan fingerprint density at radius 3 is 2.78 bits per heavy atom. The van der Waals surface area contributed by atoms with Crippen LogP contribution in [0.1, 0.15) is 51.8 Å². The smallest absolute Gasteiger partial charge is 0.220 e. The Balaban J connectivity index is 2.34. The van der Waals surface area contributed by atoms with Gasteiger partial charge >= 0.3 is 0 Å². The first-order valence-corrected chi connectivity index (χ1v) is 6.47. The molecule has 1 aromatic rings. The summed E-state index contributed by atoms with van der Waals surface area (Å²) in [6, 6.07) is 3.61. The Morgan fingerprint density at radius 2 is 2.22 bits per heavy atom. The first kappa shape index (κ1) is 14.8. The molecular weight excluding hydrogens is 228 g/mol. The fourth-order valence-electron chi connectivity index (χ4n) is 1.89. The molecule has 4 nitrogen and oxygen atoms in total. The molecule has 1 heterocycles. The second-order valence-corrected chi connectivity index (χ2v) is 5.51. The predicted molar refractivity (Wildman–Crippen MR) is 72.0 cm³/mol. The number of hydrogen-bond acceptors (Lipinski definition) is 3. The summed E-state index contributed by atoms with van der Waals surface area (Å²) in [7, 11) is 0. The number of rotatable bonds is 7. The fourth-order valence-corrected chi connectivity index (χ4v) is 1.89. The van der Waals surface area contributed by atoms with Crippen molar-refractivity contribution in [1.29, 1.82) is 0 Å². The number of nitrogens with one attached hydrogen (secondary N) is 1. The molecule has 0 aliphatic rings. The van der Waals surface area contributed by atoms with E-state index in [-0.39, 0.29) is 17.4 Å². The highest BCUT2D eigenvalue weighted by atomic mass is 16.3. The molecule has 1 atom stereocenters. The van der Waals surface area contributed by atoms with Gasteiger partial charge in [-0.15, -0.1) is 0 Å². The summed E-state index contributed by atoms with van der Waals surface area (Å²) in [5, 5.41) is 2.93. The maximum Gasteiger partial charge on any atom is 0.220 e. The summed E-state index contributed by atoms with van der Waals surface area (Å²) in [6.07, 6.45) is 3.93. The normalized spacial score (nSPS) is 13.3. The molecule has 18 heavy (non-hydrogen) atoms. The van der Waals surface area contributed by atoms with Crippen molar-refractivity contribution in [3.8, 4) is 0 Å². The van der Waals surface area contributed by atoms with Crippen LogP contribution in [0.2, 0.25) is 0 Å². The van der Waals surface area contributed by atoms with E-state index in [0.717, 1.165) is 18.6 Å². The van der Waals surface area contributed by atoms with Gasteiger partial charge in [-0.3, -0.25) is 4.79 Å². The molecule has 0 aromatic carbocycles. The van der Waals surface area contributed by atoms with Gasteiger partial charge < -0.3 is 15.5 Å². The fraction of sp³-hybridized carbons (Fsp3) is 0.643. The maximum atomic E-state index is 11.8.